The fourth-order valence-corrected chi connectivity index (χ4v) is 3.00. The molecule has 0 saturated heterocycles. The van der Waals surface area contributed by atoms with E-state index in [0.29, 0.717) is 16.5 Å². The average Bonchev–Trinajstić information content (AvgIpc) is 2.61. The van der Waals surface area contributed by atoms with E-state index in [1.807, 2.05) is 0 Å². The molecule has 0 aromatic heterocycles. The van der Waals surface area contributed by atoms with Crippen molar-refractivity contribution < 1.29 is 74.6 Å². The molecule has 0 aliphatic rings. The number of anilines is 1. The summed E-state index contributed by atoms with van der Waals surface area (Å²) < 4.78 is 33.3. The zero-order chi connectivity index (χ0) is 20.5. The van der Waals surface area contributed by atoms with Gasteiger partial charge in [-0.15, -0.1) is 10.2 Å². The van der Waals surface area contributed by atoms with E-state index in [-0.39, 0.29) is 75.4 Å². The summed E-state index contributed by atoms with van der Waals surface area (Å²) in [6.45, 7) is 1.38. The van der Waals surface area contributed by atoms with Crippen molar-refractivity contribution in [3.63, 3.8) is 0 Å². The van der Waals surface area contributed by atoms with E-state index in [4.69, 9.17) is 0 Å². The van der Waals surface area contributed by atoms with Crippen LogP contribution in [0.1, 0.15) is 6.92 Å². The molecule has 0 fully saturated rings. The summed E-state index contributed by atoms with van der Waals surface area (Å²) in [5.74, 6) is -0.796. The van der Waals surface area contributed by atoms with Gasteiger partial charge in [0.05, 0.1) is 4.90 Å². The van der Waals surface area contributed by atoms with Crippen molar-refractivity contribution in [2.75, 3.05) is 5.32 Å². The van der Waals surface area contributed by atoms with Crippen LogP contribution in [0.3, 0.4) is 0 Å². The Kier molecular flexibility index (Phi) is 9.00. The summed E-state index contributed by atoms with van der Waals surface area (Å²) in [6, 6.07) is 10.8. The fraction of sp³-hybridized carbons (Fsp3) is 0.0556. The van der Waals surface area contributed by atoms with Crippen LogP contribution in [-0.2, 0) is 32.0 Å². The number of fused-ring (bicyclic) bond motifs is 1. The number of hydrogen-bond acceptors (Lipinski definition) is 8. The van der Waals surface area contributed by atoms with E-state index in [1.54, 1.807) is 24.3 Å². The van der Waals surface area contributed by atoms with E-state index >= 15 is 0 Å². The maximum Gasteiger partial charge on any atom is 1.00 e. The summed E-state index contributed by atoms with van der Waals surface area (Å²) in [7, 11) is -4.72. The molecule has 0 atom stereocenters. The van der Waals surface area contributed by atoms with Crippen LogP contribution < -0.4 is 34.9 Å². The first-order chi connectivity index (χ1) is 13.1. The second-order valence-corrected chi connectivity index (χ2v) is 7.23. The van der Waals surface area contributed by atoms with Crippen molar-refractivity contribution in [3.8, 4) is 11.5 Å². The van der Waals surface area contributed by atoms with Crippen LogP contribution in [0.15, 0.2) is 63.7 Å². The third-order valence-corrected chi connectivity index (χ3v) is 4.62. The Hall–Kier alpha value is -1.98. The Balaban J connectivity index is 0.00000225. The standard InChI is InChI=1S/C18H15N3O6S.Cu.Na/c1-10(22)19-12-3-5-14-11(8-12)2-6-15(18(14)24)20-21-16-9-13(28(25,26)27)4-7-17(16)23;;/h2-9,23-24H,1H3,(H,19,22)(H,25,26,27);;/q;;+1/p-1. The number of carbonyl (C=O) groups excluding carboxylic acids is 1. The molecule has 0 saturated carbocycles. The van der Waals surface area contributed by atoms with Crippen molar-refractivity contribution in [2.24, 2.45) is 10.2 Å². The van der Waals surface area contributed by atoms with Crippen LogP contribution in [0.25, 0.3) is 10.8 Å². The van der Waals surface area contributed by atoms with E-state index in [0.717, 1.165) is 18.2 Å². The molecule has 0 heterocycles. The summed E-state index contributed by atoms with van der Waals surface area (Å²) in [5, 5.41) is 31.5. The summed E-state index contributed by atoms with van der Waals surface area (Å²) >= 11 is 0. The molecular weight excluding hydrogens is 473 g/mol. The van der Waals surface area contributed by atoms with Crippen molar-refractivity contribution in [2.45, 2.75) is 11.8 Å². The zero-order valence-corrected chi connectivity index (χ0v) is 19.5. The summed E-state index contributed by atoms with van der Waals surface area (Å²) in [6.07, 6.45) is 0. The van der Waals surface area contributed by atoms with Crippen LogP contribution >= 0.6 is 0 Å². The molecule has 0 spiro atoms. The number of aromatic hydroxyl groups is 2. The Morgan fingerprint density at radius 1 is 1.00 bits per heavy atom. The molecule has 1 radical (unpaired) electrons. The largest absolute Gasteiger partial charge is 1.00 e. The number of phenolic OH excluding ortho intramolecular Hbond substituents is 2. The van der Waals surface area contributed by atoms with Crippen LogP contribution in [0.4, 0.5) is 17.1 Å². The van der Waals surface area contributed by atoms with Crippen LogP contribution in [-0.4, -0.2) is 29.1 Å². The van der Waals surface area contributed by atoms with Crippen LogP contribution in [0.5, 0.6) is 11.5 Å². The second-order valence-electron chi connectivity index (χ2n) is 5.86. The van der Waals surface area contributed by atoms with Gasteiger partial charge in [-0.1, -0.05) is 6.07 Å². The fourth-order valence-electron chi connectivity index (χ4n) is 2.51. The third-order valence-electron chi connectivity index (χ3n) is 3.79. The van der Waals surface area contributed by atoms with Crippen molar-refractivity contribution >= 4 is 43.9 Å². The first kappa shape index (κ1) is 26.1. The number of amides is 1. The Labute approximate surface area is 204 Å². The Bertz CT molecular complexity index is 1230. The molecule has 3 aromatic carbocycles. The predicted molar refractivity (Wildman–Crippen MR) is 100 cm³/mol. The van der Waals surface area contributed by atoms with Gasteiger partial charge in [-0.3, -0.25) is 4.79 Å². The van der Waals surface area contributed by atoms with Gasteiger partial charge in [0, 0.05) is 35.1 Å². The average molecular weight is 487 g/mol. The number of azo groups is 1. The first-order valence-corrected chi connectivity index (χ1v) is 9.30. The Morgan fingerprint density at radius 2 is 1.67 bits per heavy atom. The first-order valence-electron chi connectivity index (χ1n) is 7.89. The molecule has 3 rings (SSSR count). The van der Waals surface area contributed by atoms with Gasteiger partial charge in [-0.2, -0.15) is 0 Å². The van der Waals surface area contributed by atoms with Gasteiger partial charge >= 0.3 is 29.6 Å². The molecule has 30 heavy (non-hydrogen) atoms. The Morgan fingerprint density at radius 3 is 2.30 bits per heavy atom. The molecule has 0 aliphatic carbocycles. The number of benzene rings is 3. The maximum absolute atomic E-state index is 11.1. The van der Waals surface area contributed by atoms with E-state index in [9.17, 15) is 28.0 Å². The van der Waals surface area contributed by atoms with Gasteiger partial charge in [0.1, 0.15) is 27.2 Å². The van der Waals surface area contributed by atoms with Gasteiger partial charge in [0.15, 0.2) is 5.75 Å². The monoisotopic (exact) mass is 486 g/mol. The number of carbonyl (C=O) groups is 1. The summed E-state index contributed by atoms with van der Waals surface area (Å²) in [5.41, 5.74) is 0.390. The van der Waals surface area contributed by atoms with E-state index in [2.05, 4.69) is 15.5 Å². The summed E-state index contributed by atoms with van der Waals surface area (Å²) in [4.78, 5) is 10.6. The molecule has 0 bridgehead atoms. The minimum atomic E-state index is -4.72. The van der Waals surface area contributed by atoms with Gasteiger partial charge in [-0.05, 0) is 47.9 Å². The molecule has 3 N–H and O–H groups in total. The van der Waals surface area contributed by atoms with Gasteiger partial charge in [0.25, 0.3) is 0 Å². The predicted octanol–water partition coefficient (Wildman–Crippen LogP) is 0.530. The quantitative estimate of drug-likeness (QED) is 0.278. The number of nitrogens with zero attached hydrogens (tertiary/aromatic N) is 2. The van der Waals surface area contributed by atoms with Crippen molar-refractivity contribution in [1.82, 2.24) is 0 Å². The topological polar surface area (TPSA) is 151 Å². The van der Waals surface area contributed by atoms with E-state index < -0.39 is 15.0 Å². The van der Waals surface area contributed by atoms with Gasteiger partial charge < -0.3 is 20.1 Å². The van der Waals surface area contributed by atoms with Gasteiger partial charge in [0.2, 0.25) is 5.91 Å². The van der Waals surface area contributed by atoms with Crippen LogP contribution in [0.2, 0.25) is 0 Å². The molecule has 0 unspecified atom stereocenters. The van der Waals surface area contributed by atoms with Gasteiger partial charge in [-0.25, -0.2) is 8.42 Å². The number of phenols is 2. The molecule has 155 valence electrons. The smallest absolute Gasteiger partial charge is 0.744 e. The molecular formula is C18H14CuN3NaO6S. The molecule has 0 aliphatic heterocycles. The third kappa shape index (κ3) is 6.02. The maximum atomic E-state index is 11.1. The van der Waals surface area contributed by atoms with Crippen molar-refractivity contribution in [3.05, 3.63) is 48.5 Å². The molecule has 1 amide bonds. The molecule has 9 nitrogen and oxygen atoms in total. The number of nitrogens with one attached hydrogen (secondary N) is 1. The minimum Gasteiger partial charge on any atom is -0.744 e. The number of hydrogen-bond donors (Lipinski definition) is 3. The minimum absolute atomic E-state index is 0. The molecule has 3 aromatic rings. The van der Waals surface area contributed by atoms with Crippen molar-refractivity contribution in [1.29, 1.82) is 0 Å². The van der Waals surface area contributed by atoms with E-state index in [1.165, 1.54) is 13.0 Å². The van der Waals surface area contributed by atoms with Crippen LogP contribution in [0, 0.1) is 0 Å². The number of rotatable bonds is 4. The normalized spacial score (nSPS) is 11.0. The zero-order valence-electron chi connectivity index (χ0n) is 15.8. The molecule has 12 heteroatoms. The second kappa shape index (κ2) is 10.4. The SMILES string of the molecule is CC(=O)Nc1ccc2c(O)c(N=Nc3cc(S(=O)(=O)[O-])ccc3O)ccc2c1.[Cu].[Na+].